The SMILES string of the molecule is CCC(CC)(CO)CNC(=O)c1ccc(-n2ccnc2)c([N+](=O)[O-])c1. The van der Waals surface area contributed by atoms with Gasteiger partial charge in [-0.3, -0.25) is 14.9 Å². The van der Waals surface area contributed by atoms with E-state index in [0.29, 0.717) is 12.2 Å². The van der Waals surface area contributed by atoms with Crippen LogP contribution in [0.3, 0.4) is 0 Å². The Hall–Kier alpha value is -2.74. The van der Waals surface area contributed by atoms with Gasteiger partial charge in [0.2, 0.25) is 0 Å². The van der Waals surface area contributed by atoms with Crippen LogP contribution in [-0.4, -0.2) is 38.6 Å². The molecule has 0 fully saturated rings. The molecule has 1 aromatic heterocycles. The molecule has 0 unspecified atom stereocenters. The monoisotopic (exact) mass is 346 g/mol. The average Bonchev–Trinajstić information content (AvgIpc) is 3.17. The molecule has 0 saturated heterocycles. The van der Waals surface area contributed by atoms with Crippen molar-refractivity contribution in [3.05, 3.63) is 52.6 Å². The van der Waals surface area contributed by atoms with Gasteiger partial charge in [0.25, 0.3) is 11.6 Å². The Morgan fingerprint density at radius 2 is 2.12 bits per heavy atom. The van der Waals surface area contributed by atoms with Crippen molar-refractivity contribution in [3.8, 4) is 5.69 Å². The van der Waals surface area contributed by atoms with Crippen molar-refractivity contribution in [3.63, 3.8) is 0 Å². The summed E-state index contributed by atoms with van der Waals surface area (Å²) in [4.78, 5) is 27.1. The van der Waals surface area contributed by atoms with E-state index in [4.69, 9.17) is 0 Å². The molecule has 0 spiro atoms. The summed E-state index contributed by atoms with van der Waals surface area (Å²) in [6.45, 7) is 4.19. The van der Waals surface area contributed by atoms with Crippen LogP contribution in [0.1, 0.15) is 37.0 Å². The van der Waals surface area contributed by atoms with Gasteiger partial charge in [-0.1, -0.05) is 13.8 Å². The second-order valence-electron chi connectivity index (χ2n) is 5.98. The number of nitrogens with one attached hydrogen (secondary N) is 1. The first-order chi connectivity index (χ1) is 12.0. The van der Waals surface area contributed by atoms with Gasteiger partial charge in [-0.25, -0.2) is 4.98 Å². The molecule has 0 aliphatic rings. The normalized spacial score (nSPS) is 11.3. The second-order valence-corrected chi connectivity index (χ2v) is 5.98. The second kappa shape index (κ2) is 7.89. The lowest BCUT2D eigenvalue weighted by Crippen LogP contribution is -2.39. The van der Waals surface area contributed by atoms with Gasteiger partial charge in [-0.2, -0.15) is 0 Å². The highest BCUT2D eigenvalue weighted by molar-refractivity contribution is 5.95. The number of aromatic nitrogens is 2. The Bertz CT molecular complexity index is 731. The van der Waals surface area contributed by atoms with Crippen LogP contribution in [0.25, 0.3) is 5.69 Å². The van der Waals surface area contributed by atoms with E-state index in [1.807, 2.05) is 13.8 Å². The maximum atomic E-state index is 12.4. The molecule has 25 heavy (non-hydrogen) atoms. The summed E-state index contributed by atoms with van der Waals surface area (Å²) >= 11 is 0. The number of hydrogen-bond donors (Lipinski definition) is 2. The number of benzene rings is 1. The number of carbonyl (C=O) groups excluding carboxylic acids is 1. The van der Waals surface area contributed by atoms with Crippen molar-refractivity contribution in [2.75, 3.05) is 13.2 Å². The lowest BCUT2D eigenvalue weighted by atomic mass is 9.83. The molecule has 2 N–H and O–H groups in total. The molecule has 0 atom stereocenters. The van der Waals surface area contributed by atoms with Crippen molar-refractivity contribution in [1.29, 1.82) is 0 Å². The van der Waals surface area contributed by atoms with Crippen LogP contribution >= 0.6 is 0 Å². The molecular weight excluding hydrogens is 324 g/mol. The van der Waals surface area contributed by atoms with E-state index in [1.54, 1.807) is 6.20 Å². The molecule has 8 heteroatoms. The number of nitrogens with zero attached hydrogens (tertiary/aromatic N) is 3. The van der Waals surface area contributed by atoms with E-state index >= 15 is 0 Å². The van der Waals surface area contributed by atoms with Gasteiger partial charge in [0.05, 0.1) is 17.9 Å². The first-order valence-electron chi connectivity index (χ1n) is 8.12. The molecule has 2 rings (SSSR count). The number of hydrogen-bond acceptors (Lipinski definition) is 5. The zero-order valence-electron chi connectivity index (χ0n) is 14.3. The topological polar surface area (TPSA) is 110 Å². The number of aliphatic hydroxyl groups excluding tert-OH is 1. The molecule has 1 aromatic carbocycles. The minimum Gasteiger partial charge on any atom is -0.396 e. The first-order valence-corrected chi connectivity index (χ1v) is 8.12. The smallest absolute Gasteiger partial charge is 0.294 e. The summed E-state index contributed by atoms with van der Waals surface area (Å²) in [6.07, 6.45) is 6.02. The Morgan fingerprint density at radius 1 is 1.40 bits per heavy atom. The molecule has 134 valence electrons. The summed E-state index contributed by atoms with van der Waals surface area (Å²) in [7, 11) is 0. The summed E-state index contributed by atoms with van der Waals surface area (Å²) in [6, 6.07) is 4.31. The van der Waals surface area contributed by atoms with Crippen molar-refractivity contribution in [2.45, 2.75) is 26.7 Å². The Kier molecular flexibility index (Phi) is 5.87. The van der Waals surface area contributed by atoms with Crippen molar-refractivity contribution in [2.24, 2.45) is 5.41 Å². The first kappa shape index (κ1) is 18.6. The Morgan fingerprint density at radius 3 is 2.64 bits per heavy atom. The highest BCUT2D eigenvalue weighted by atomic mass is 16.6. The predicted molar refractivity (Wildman–Crippen MR) is 92.7 cm³/mol. The fourth-order valence-electron chi connectivity index (χ4n) is 2.58. The Labute approximate surface area is 145 Å². The maximum Gasteiger partial charge on any atom is 0.294 e. The molecule has 1 amide bonds. The van der Waals surface area contributed by atoms with Crippen LogP contribution in [0, 0.1) is 15.5 Å². The van der Waals surface area contributed by atoms with Crippen LogP contribution in [0.2, 0.25) is 0 Å². The summed E-state index contributed by atoms with van der Waals surface area (Å²) in [5.41, 5.74) is -0.0104. The van der Waals surface area contributed by atoms with Crippen molar-refractivity contribution in [1.82, 2.24) is 14.9 Å². The summed E-state index contributed by atoms with van der Waals surface area (Å²) in [5, 5.41) is 23.7. The highest BCUT2D eigenvalue weighted by Gasteiger charge is 2.26. The van der Waals surface area contributed by atoms with Crippen molar-refractivity contribution >= 4 is 11.6 Å². The van der Waals surface area contributed by atoms with Crippen LogP contribution in [0.4, 0.5) is 5.69 Å². The number of nitro benzene ring substituents is 1. The third-order valence-corrected chi connectivity index (χ3v) is 4.68. The third-order valence-electron chi connectivity index (χ3n) is 4.68. The number of nitro groups is 1. The van der Waals surface area contributed by atoms with Gasteiger partial charge < -0.3 is 15.0 Å². The van der Waals surface area contributed by atoms with Gasteiger partial charge >= 0.3 is 0 Å². The van der Waals surface area contributed by atoms with Gasteiger partial charge in [0, 0.05) is 36.0 Å². The minimum absolute atomic E-state index is 0.0278. The van der Waals surface area contributed by atoms with Crippen LogP contribution in [-0.2, 0) is 0 Å². The summed E-state index contributed by atoms with van der Waals surface area (Å²) < 4.78 is 1.52. The number of imidazole rings is 1. The number of aliphatic hydroxyl groups is 1. The fraction of sp³-hybridized carbons (Fsp3) is 0.412. The quantitative estimate of drug-likeness (QED) is 0.563. The zero-order valence-corrected chi connectivity index (χ0v) is 14.3. The average molecular weight is 346 g/mol. The zero-order chi connectivity index (χ0) is 18.4. The van der Waals surface area contributed by atoms with Crippen molar-refractivity contribution < 1.29 is 14.8 Å². The van der Waals surface area contributed by atoms with E-state index in [2.05, 4.69) is 10.3 Å². The van der Waals surface area contributed by atoms with E-state index < -0.39 is 10.8 Å². The van der Waals surface area contributed by atoms with Crippen LogP contribution < -0.4 is 5.32 Å². The molecule has 0 aliphatic carbocycles. The Balaban J connectivity index is 2.23. The van der Waals surface area contributed by atoms with E-state index in [0.717, 1.165) is 12.8 Å². The summed E-state index contributed by atoms with van der Waals surface area (Å²) in [5.74, 6) is -0.403. The van der Waals surface area contributed by atoms with Gasteiger partial charge in [-0.05, 0) is 25.0 Å². The molecule has 0 bridgehead atoms. The molecule has 0 radical (unpaired) electrons. The van der Waals surface area contributed by atoms with Gasteiger partial charge in [-0.15, -0.1) is 0 Å². The standard InChI is InChI=1S/C17H22N4O4/c1-3-17(4-2,11-22)10-19-16(23)13-5-6-14(15(9-13)21(24)25)20-8-7-18-12-20/h5-9,12,22H,3-4,10-11H2,1-2H3,(H,19,23). The number of amides is 1. The van der Waals surface area contributed by atoms with Crippen LogP contribution in [0.5, 0.6) is 0 Å². The van der Waals surface area contributed by atoms with E-state index in [9.17, 15) is 20.0 Å². The van der Waals surface area contributed by atoms with E-state index in [-0.39, 0.29) is 23.3 Å². The van der Waals surface area contributed by atoms with E-state index in [1.165, 1.54) is 35.3 Å². The number of rotatable bonds is 8. The molecule has 1 heterocycles. The van der Waals surface area contributed by atoms with Gasteiger partial charge in [0.1, 0.15) is 5.69 Å². The molecular formula is C17H22N4O4. The molecule has 0 aliphatic heterocycles. The predicted octanol–water partition coefficient (Wildman–Crippen LogP) is 2.31. The fourth-order valence-corrected chi connectivity index (χ4v) is 2.58. The van der Waals surface area contributed by atoms with Crippen LogP contribution in [0.15, 0.2) is 36.9 Å². The minimum atomic E-state index is -0.526. The number of carbonyl (C=O) groups is 1. The maximum absolute atomic E-state index is 12.4. The largest absolute Gasteiger partial charge is 0.396 e. The van der Waals surface area contributed by atoms with Gasteiger partial charge in [0.15, 0.2) is 0 Å². The lowest BCUT2D eigenvalue weighted by Gasteiger charge is -2.29. The lowest BCUT2D eigenvalue weighted by molar-refractivity contribution is -0.384. The molecule has 0 saturated carbocycles. The highest BCUT2D eigenvalue weighted by Crippen LogP contribution is 2.26. The molecule has 8 nitrogen and oxygen atoms in total. The third kappa shape index (κ3) is 4.03. The molecule has 2 aromatic rings.